The lowest BCUT2D eigenvalue weighted by Crippen LogP contribution is -2.38. The van der Waals surface area contributed by atoms with E-state index in [1.165, 1.54) is 33.1 Å². The quantitative estimate of drug-likeness (QED) is 0.165. The summed E-state index contributed by atoms with van der Waals surface area (Å²) >= 11 is 1.41. The number of hydrogen-bond acceptors (Lipinski definition) is 5. The summed E-state index contributed by atoms with van der Waals surface area (Å²) in [6.07, 6.45) is 2.31. The maximum Gasteiger partial charge on any atom is 0.323 e. The highest BCUT2D eigenvalue weighted by Gasteiger charge is 2.20. The van der Waals surface area contributed by atoms with E-state index in [0.29, 0.717) is 22.7 Å². The van der Waals surface area contributed by atoms with Crippen LogP contribution in [0.2, 0.25) is 0 Å². The van der Waals surface area contributed by atoms with Crippen molar-refractivity contribution in [2.45, 2.75) is 65.6 Å². The second kappa shape index (κ2) is 14.6. The highest BCUT2D eigenvalue weighted by Crippen LogP contribution is 2.28. The summed E-state index contributed by atoms with van der Waals surface area (Å²) in [6, 6.07) is 26.3. The van der Waals surface area contributed by atoms with Gasteiger partial charge in [-0.1, -0.05) is 68.4 Å². The van der Waals surface area contributed by atoms with E-state index in [-0.39, 0.29) is 6.54 Å². The third-order valence-corrected chi connectivity index (χ3v) is 8.26. The Morgan fingerprint density at radius 2 is 1.57 bits per heavy atom. The Balaban J connectivity index is 1.43. The van der Waals surface area contributed by atoms with E-state index in [0.717, 1.165) is 30.6 Å². The van der Waals surface area contributed by atoms with Crippen LogP contribution in [0.1, 0.15) is 62.6 Å². The van der Waals surface area contributed by atoms with Crippen molar-refractivity contribution in [3.63, 3.8) is 0 Å². The fraction of sp³-hybridized carbons (Fsp3) is 0.324. The standard InChI is InChI=1S/C34H40N4O3S/c1-5-26(6-2)27-16-18-30(19-17-27)38(24(3)4)20-25-12-14-28(15-13-25)31-23-42-32(36-31)21-37(22-33(39)40)34(41)35-29-10-8-7-9-11-29/h7-19,23-24,26H,5-6,20-22H2,1-4H3,(H,35,41)(H,39,40). The van der Waals surface area contributed by atoms with Crippen LogP contribution in [0, 0.1) is 0 Å². The lowest BCUT2D eigenvalue weighted by atomic mass is 9.94. The van der Waals surface area contributed by atoms with Crippen molar-refractivity contribution in [2.24, 2.45) is 0 Å². The largest absolute Gasteiger partial charge is 0.480 e. The first-order valence-corrected chi connectivity index (χ1v) is 15.4. The first kappa shape index (κ1) is 30.8. The molecule has 0 aliphatic heterocycles. The van der Waals surface area contributed by atoms with Crippen LogP contribution in [0.5, 0.6) is 0 Å². The van der Waals surface area contributed by atoms with Crippen LogP contribution < -0.4 is 10.2 Å². The van der Waals surface area contributed by atoms with Gasteiger partial charge in [0.15, 0.2) is 0 Å². The molecule has 7 nitrogen and oxygen atoms in total. The summed E-state index contributed by atoms with van der Waals surface area (Å²) < 4.78 is 0. The number of carbonyl (C=O) groups is 2. The zero-order chi connectivity index (χ0) is 30.1. The number of urea groups is 1. The molecular weight excluding hydrogens is 544 g/mol. The molecule has 0 bridgehead atoms. The molecule has 2 amide bonds. The molecule has 4 aromatic rings. The number of anilines is 2. The number of thiazole rings is 1. The first-order chi connectivity index (χ1) is 20.3. The lowest BCUT2D eigenvalue weighted by Gasteiger charge is -2.30. The molecule has 220 valence electrons. The zero-order valence-electron chi connectivity index (χ0n) is 24.8. The van der Waals surface area contributed by atoms with Crippen molar-refractivity contribution in [3.05, 3.63) is 100 Å². The number of carboxylic acid groups (broad SMARTS) is 1. The number of aliphatic carboxylic acids is 1. The van der Waals surface area contributed by atoms with Crippen LogP contribution in [0.25, 0.3) is 11.3 Å². The van der Waals surface area contributed by atoms with Gasteiger partial charge in [-0.05, 0) is 68.0 Å². The lowest BCUT2D eigenvalue weighted by molar-refractivity contribution is -0.137. The summed E-state index contributed by atoms with van der Waals surface area (Å²) in [7, 11) is 0. The number of benzene rings is 3. The number of nitrogens with one attached hydrogen (secondary N) is 1. The van der Waals surface area contributed by atoms with Crippen molar-refractivity contribution >= 4 is 34.7 Å². The monoisotopic (exact) mass is 584 g/mol. The molecule has 2 N–H and O–H groups in total. The molecule has 0 spiro atoms. The summed E-state index contributed by atoms with van der Waals surface area (Å²) in [5.41, 5.74) is 6.21. The molecule has 1 heterocycles. The van der Waals surface area contributed by atoms with Gasteiger partial charge in [0.1, 0.15) is 11.6 Å². The van der Waals surface area contributed by atoms with E-state index in [4.69, 9.17) is 4.98 Å². The third kappa shape index (κ3) is 8.19. The van der Waals surface area contributed by atoms with Crippen LogP contribution in [-0.2, 0) is 17.9 Å². The normalized spacial score (nSPS) is 11.1. The number of aromatic nitrogens is 1. The minimum atomic E-state index is -1.08. The molecule has 0 aliphatic carbocycles. The number of nitrogens with zero attached hydrogens (tertiary/aromatic N) is 3. The topological polar surface area (TPSA) is 85.8 Å². The van der Waals surface area contributed by atoms with Gasteiger partial charge in [0.2, 0.25) is 0 Å². The molecule has 8 heteroatoms. The average molecular weight is 585 g/mol. The summed E-state index contributed by atoms with van der Waals surface area (Å²) in [5.74, 6) is -0.472. The third-order valence-electron chi connectivity index (χ3n) is 7.42. The summed E-state index contributed by atoms with van der Waals surface area (Å²) in [5, 5.41) is 14.7. The van der Waals surface area contributed by atoms with E-state index in [2.05, 4.69) is 86.4 Å². The Morgan fingerprint density at radius 1 is 0.905 bits per heavy atom. The zero-order valence-corrected chi connectivity index (χ0v) is 25.6. The first-order valence-electron chi connectivity index (χ1n) is 14.5. The van der Waals surface area contributed by atoms with Gasteiger partial charge < -0.3 is 20.2 Å². The van der Waals surface area contributed by atoms with Crippen molar-refractivity contribution in [1.82, 2.24) is 9.88 Å². The van der Waals surface area contributed by atoms with Crippen LogP contribution in [0.15, 0.2) is 84.2 Å². The van der Waals surface area contributed by atoms with E-state index in [1.807, 2.05) is 23.6 Å². The van der Waals surface area contributed by atoms with Gasteiger partial charge in [0, 0.05) is 34.9 Å². The molecule has 3 aromatic carbocycles. The highest BCUT2D eigenvalue weighted by atomic mass is 32.1. The summed E-state index contributed by atoms with van der Waals surface area (Å²) in [6.45, 7) is 9.41. The molecular formula is C34H40N4O3S. The van der Waals surface area contributed by atoms with Gasteiger partial charge in [0.05, 0.1) is 12.2 Å². The molecule has 42 heavy (non-hydrogen) atoms. The number of para-hydroxylation sites is 1. The smallest absolute Gasteiger partial charge is 0.323 e. The Hall–Kier alpha value is -4.17. The minimum Gasteiger partial charge on any atom is -0.480 e. The van der Waals surface area contributed by atoms with Gasteiger partial charge in [-0.25, -0.2) is 9.78 Å². The maximum atomic E-state index is 12.8. The van der Waals surface area contributed by atoms with Gasteiger partial charge in [0.25, 0.3) is 0 Å². The van der Waals surface area contributed by atoms with Crippen molar-refractivity contribution < 1.29 is 14.7 Å². The highest BCUT2D eigenvalue weighted by molar-refractivity contribution is 7.09. The summed E-state index contributed by atoms with van der Waals surface area (Å²) in [4.78, 5) is 32.6. The van der Waals surface area contributed by atoms with Gasteiger partial charge in [-0.3, -0.25) is 4.79 Å². The van der Waals surface area contributed by atoms with Crippen LogP contribution in [0.4, 0.5) is 16.2 Å². The average Bonchev–Trinajstić information content (AvgIpc) is 3.45. The molecule has 4 rings (SSSR count). The van der Waals surface area contributed by atoms with E-state index >= 15 is 0 Å². The molecule has 0 saturated heterocycles. The predicted octanol–water partition coefficient (Wildman–Crippen LogP) is 8.25. The van der Waals surface area contributed by atoms with Gasteiger partial charge in [-0.15, -0.1) is 11.3 Å². The van der Waals surface area contributed by atoms with Crippen LogP contribution >= 0.6 is 11.3 Å². The fourth-order valence-corrected chi connectivity index (χ4v) is 5.83. The fourth-order valence-electron chi connectivity index (χ4n) is 5.01. The minimum absolute atomic E-state index is 0.104. The van der Waals surface area contributed by atoms with Crippen molar-refractivity contribution in [3.8, 4) is 11.3 Å². The van der Waals surface area contributed by atoms with Gasteiger partial charge >= 0.3 is 12.0 Å². The molecule has 0 atom stereocenters. The van der Waals surface area contributed by atoms with Crippen molar-refractivity contribution in [2.75, 3.05) is 16.8 Å². The maximum absolute atomic E-state index is 12.8. The van der Waals surface area contributed by atoms with Gasteiger partial charge in [-0.2, -0.15) is 0 Å². The molecule has 0 saturated carbocycles. The number of carboxylic acids is 1. The molecule has 0 unspecified atom stereocenters. The Labute approximate surface area is 252 Å². The number of rotatable bonds is 13. The SMILES string of the molecule is CCC(CC)c1ccc(N(Cc2ccc(-c3csc(CN(CC(=O)O)C(=O)Nc4ccccc4)n3)cc2)C(C)C)cc1. The molecule has 1 aromatic heterocycles. The number of hydrogen-bond donors (Lipinski definition) is 2. The molecule has 0 radical (unpaired) electrons. The second-order valence-electron chi connectivity index (χ2n) is 10.7. The molecule has 0 aliphatic rings. The Morgan fingerprint density at radius 3 is 2.17 bits per heavy atom. The Kier molecular flexibility index (Phi) is 10.7. The van der Waals surface area contributed by atoms with Crippen LogP contribution in [-0.4, -0.2) is 39.6 Å². The van der Waals surface area contributed by atoms with E-state index < -0.39 is 18.5 Å². The number of carbonyl (C=O) groups excluding carboxylic acids is 1. The predicted molar refractivity (Wildman–Crippen MR) is 172 cm³/mol. The van der Waals surface area contributed by atoms with Crippen molar-refractivity contribution in [1.29, 1.82) is 0 Å². The van der Waals surface area contributed by atoms with Crippen LogP contribution in [0.3, 0.4) is 0 Å². The Bertz CT molecular complexity index is 1430. The van der Waals surface area contributed by atoms with E-state index in [9.17, 15) is 14.7 Å². The second-order valence-corrected chi connectivity index (χ2v) is 11.6. The molecule has 0 fully saturated rings. The van der Waals surface area contributed by atoms with E-state index in [1.54, 1.807) is 12.1 Å². The number of amides is 2.